The lowest BCUT2D eigenvalue weighted by molar-refractivity contribution is 0.122. The van der Waals surface area contributed by atoms with Gasteiger partial charge in [-0.25, -0.2) is 0 Å². The van der Waals surface area contributed by atoms with Gasteiger partial charge in [0.15, 0.2) is 0 Å². The molecule has 4 nitrogen and oxygen atoms in total. The van der Waals surface area contributed by atoms with Gasteiger partial charge in [0.2, 0.25) is 0 Å². The third-order valence-electron chi connectivity index (χ3n) is 2.89. The van der Waals surface area contributed by atoms with Crippen LogP contribution in [-0.4, -0.2) is 39.5 Å². The van der Waals surface area contributed by atoms with E-state index in [9.17, 15) is 0 Å². The van der Waals surface area contributed by atoms with E-state index in [1.54, 1.807) is 0 Å². The summed E-state index contributed by atoms with van der Waals surface area (Å²) in [6.45, 7) is 8.67. The summed E-state index contributed by atoms with van der Waals surface area (Å²) in [6.07, 6.45) is 0. The molecule has 0 spiro atoms. The summed E-state index contributed by atoms with van der Waals surface area (Å²) in [7, 11) is 0. The van der Waals surface area contributed by atoms with Crippen LogP contribution in [0.3, 0.4) is 0 Å². The minimum atomic E-state index is 0.672. The van der Waals surface area contributed by atoms with Gasteiger partial charge in [-0.3, -0.25) is 0 Å². The van der Waals surface area contributed by atoms with Gasteiger partial charge in [-0.1, -0.05) is 0 Å². The SMILES string of the molecule is CCOc1ccc(OCC)c(N2CCOCC2)c1. The molecule has 100 valence electrons. The van der Waals surface area contributed by atoms with Gasteiger partial charge in [0, 0.05) is 19.2 Å². The number of anilines is 1. The number of nitrogens with zero attached hydrogens (tertiary/aromatic N) is 1. The molecule has 0 bridgehead atoms. The van der Waals surface area contributed by atoms with Crippen LogP contribution in [0.1, 0.15) is 13.8 Å². The van der Waals surface area contributed by atoms with E-state index in [1.165, 1.54) is 0 Å². The highest BCUT2D eigenvalue weighted by Crippen LogP contribution is 2.33. The first-order valence-electron chi connectivity index (χ1n) is 6.57. The van der Waals surface area contributed by atoms with Crippen molar-refractivity contribution in [2.45, 2.75) is 13.8 Å². The summed E-state index contributed by atoms with van der Waals surface area (Å²) < 4.78 is 16.6. The Bertz CT molecular complexity index is 375. The van der Waals surface area contributed by atoms with Gasteiger partial charge in [-0.2, -0.15) is 0 Å². The summed E-state index contributed by atoms with van der Waals surface area (Å²) in [4.78, 5) is 2.29. The summed E-state index contributed by atoms with van der Waals surface area (Å²) >= 11 is 0. The summed E-state index contributed by atoms with van der Waals surface area (Å²) in [5.41, 5.74) is 1.10. The van der Waals surface area contributed by atoms with Crippen molar-refractivity contribution in [2.24, 2.45) is 0 Å². The van der Waals surface area contributed by atoms with Gasteiger partial charge >= 0.3 is 0 Å². The topological polar surface area (TPSA) is 30.9 Å². The molecule has 0 N–H and O–H groups in total. The molecule has 1 aliphatic heterocycles. The number of benzene rings is 1. The van der Waals surface area contributed by atoms with Crippen LogP contribution in [0.15, 0.2) is 18.2 Å². The molecule has 0 amide bonds. The van der Waals surface area contributed by atoms with E-state index in [0.29, 0.717) is 13.2 Å². The van der Waals surface area contributed by atoms with E-state index in [1.807, 2.05) is 26.0 Å². The molecule has 1 aliphatic rings. The van der Waals surface area contributed by atoms with Crippen molar-refractivity contribution in [1.29, 1.82) is 0 Å². The first-order chi connectivity index (χ1) is 8.85. The predicted octanol–water partition coefficient (Wildman–Crippen LogP) is 2.32. The van der Waals surface area contributed by atoms with E-state index in [4.69, 9.17) is 14.2 Å². The molecule has 1 fully saturated rings. The minimum Gasteiger partial charge on any atom is -0.494 e. The third-order valence-corrected chi connectivity index (χ3v) is 2.89. The molecule has 0 radical (unpaired) electrons. The highest BCUT2D eigenvalue weighted by Gasteiger charge is 2.16. The van der Waals surface area contributed by atoms with Gasteiger partial charge in [0.05, 0.1) is 32.1 Å². The molecule has 0 aromatic heterocycles. The Balaban J connectivity index is 2.23. The quantitative estimate of drug-likeness (QED) is 0.803. The minimum absolute atomic E-state index is 0.672. The monoisotopic (exact) mass is 251 g/mol. The van der Waals surface area contributed by atoms with Crippen molar-refractivity contribution in [3.8, 4) is 11.5 Å². The van der Waals surface area contributed by atoms with Crippen LogP contribution in [0.4, 0.5) is 5.69 Å². The van der Waals surface area contributed by atoms with Gasteiger partial charge in [-0.05, 0) is 26.0 Å². The average molecular weight is 251 g/mol. The number of hydrogen-bond donors (Lipinski definition) is 0. The summed E-state index contributed by atoms with van der Waals surface area (Å²) in [5, 5.41) is 0. The molecule has 1 heterocycles. The summed E-state index contributed by atoms with van der Waals surface area (Å²) in [5.74, 6) is 1.81. The fourth-order valence-corrected chi connectivity index (χ4v) is 2.08. The van der Waals surface area contributed by atoms with Crippen LogP contribution in [0, 0.1) is 0 Å². The van der Waals surface area contributed by atoms with Crippen LogP contribution in [0.2, 0.25) is 0 Å². The fourth-order valence-electron chi connectivity index (χ4n) is 2.08. The smallest absolute Gasteiger partial charge is 0.142 e. The Hall–Kier alpha value is -1.42. The molecular formula is C14H21NO3. The van der Waals surface area contributed by atoms with Crippen molar-refractivity contribution in [3.05, 3.63) is 18.2 Å². The van der Waals surface area contributed by atoms with E-state index in [0.717, 1.165) is 43.5 Å². The Kier molecular flexibility index (Phi) is 4.70. The van der Waals surface area contributed by atoms with Gasteiger partial charge in [0.25, 0.3) is 0 Å². The van der Waals surface area contributed by atoms with Gasteiger partial charge < -0.3 is 19.1 Å². The summed E-state index contributed by atoms with van der Waals surface area (Å²) in [6, 6.07) is 6.00. The van der Waals surface area contributed by atoms with Crippen LogP contribution in [-0.2, 0) is 4.74 Å². The molecule has 1 aromatic rings. The first-order valence-corrected chi connectivity index (χ1v) is 6.57. The zero-order valence-electron chi connectivity index (χ0n) is 11.1. The molecule has 4 heteroatoms. The molecule has 0 saturated carbocycles. The van der Waals surface area contributed by atoms with Crippen LogP contribution in [0.5, 0.6) is 11.5 Å². The number of rotatable bonds is 5. The number of hydrogen-bond acceptors (Lipinski definition) is 4. The molecule has 18 heavy (non-hydrogen) atoms. The van der Waals surface area contributed by atoms with Crippen molar-refractivity contribution < 1.29 is 14.2 Å². The van der Waals surface area contributed by atoms with Crippen molar-refractivity contribution in [3.63, 3.8) is 0 Å². The molecular weight excluding hydrogens is 230 g/mol. The van der Waals surface area contributed by atoms with Crippen LogP contribution < -0.4 is 14.4 Å². The lowest BCUT2D eigenvalue weighted by Gasteiger charge is -2.30. The lowest BCUT2D eigenvalue weighted by atomic mass is 10.2. The van der Waals surface area contributed by atoms with E-state index in [-0.39, 0.29) is 0 Å². The van der Waals surface area contributed by atoms with Crippen molar-refractivity contribution in [2.75, 3.05) is 44.4 Å². The van der Waals surface area contributed by atoms with Crippen LogP contribution in [0.25, 0.3) is 0 Å². The second-order valence-corrected chi connectivity index (χ2v) is 4.09. The maximum atomic E-state index is 5.69. The zero-order chi connectivity index (χ0) is 12.8. The second-order valence-electron chi connectivity index (χ2n) is 4.09. The average Bonchev–Trinajstić information content (AvgIpc) is 2.42. The normalized spacial score (nSPS) is 15.6. The highest BCUT2D eigenvalue weighted by molar-refractivity contribution is 5.61. The Morgan fingerprint density at radius 3 is 2.50 bits per heavy atom. The molecule has 0 atom stereocenters. The van der Waals surface area contributed by atoms with E-state index >= 15 is 0 Å². The Morgan fingerprint density at radius 1 is 1.11 bits per heavy atom. The molecule has 0 aliphatic carbocycles. The molecule has 1 saturated heterocycles. The van der Waals surface area contributed by atoms with E-state index < -0.39 is 0 Å². The van der Waals surface area contributed by atoms with E-state index in [2.05, 4.69) is 11.0 Å². The van der Waals surface area contributed by atoms with Crippen LogP contribution >= 0.6 is 0 Å². The van der Waals surface area contributed by atoms with Crippen molar-refractivity contribution in [1.82, 2.24) is 0 Å². The Labute approximate surface area is 108 Å². The lowest BCUT2D eigenvalue weighted by Crippen LogP contribution is -2.36. The predicted molar refractivity (Wildman–Crippen MR) is 71.8 cm³/mol. The molecule has 0 unspecified atom stereocenters. The molecule has 2 rings (SSSR count). The number of ether oxygens (including phenoxy) is 3. The maximum Gasteiger partial charge on any atom is 0.142 e. The standard InChI is InChI=1S/C14H21NO3/c1-3-17-12-5-6-14(18-4-2)13(11-12)15-7-9-16-10-8-15/h5-6,11H,3-4,7-10H2,1-2H3. The number of morpholine rings is 1. The highest BCUT2D eigenvalue weighted by atomic mass is 16.5. The molecule has 1 aromatic carbocycles. The Morgan fingerprint density at radius 2 is 1.83 bits per heavy atom. The first kappa shape index (κ1) is 13.0. The third kappa shape index (κ3) is 3.07. The van der Waals surface area contributed by atoms with Gasteiger partial charge in [0.1, 0.15) is 11.5 Å². The second kappa shape index (κ2) is 6.50. The van der Waals surface area contributed by atoms with Crippen molar-refractivity contribution >= 4 is 5.69 Å². The maximum absolute atomic E-state index is 5.69. The zero-order valence-corrected chi connectivity index (χ0v) is 11.1. The fraction of sp³-hybridized carbons (Fsp3) is 0.571. The van der Waals surface area contributed by atoms with Gasteiger partial charge in [-0.15, -0.1) is 0 Å². The largest absolute Gasteiger partial charge is 0.494 e.